The molecule has 6 nitrogen and oxygen atoms in total. The van der Waals surface area contributed by atoms with Gasteiger partial charge in [0.25, 0.3) is 0 Å². The van der Waals surface area contributed by atoms with Crippen LogP contribution in [0.1, 0.15) is 0 Å². The summed E-state index contributed by atoms with van der Waals surface area (Å²) in [5.41, 5.74) is 2.81. The molecule has 0 spiro atoms. The zero-order valence-corrected chi connectivity index (χ0v) is 15.1. The third kappa shape index (κ3) is 3.13. The van der Waals surface area contributed by atoms with Crippen molar-refractivity contribution in [2.75, 3.05) is 19.5 Å². The maximum absolute atomic E-state index is 5.34. The second kappa shape index (κ2) is 6.66. The summed E-state index contributed by atoms with van der Waals surface area (Å²) >= 11 is 3.08. The van der Waals surface area contributed by atoms with E-state index < -0.39 is 0 Å². The fraction of sp³-hybridized carbons (Fsp3) is 0.118. The van der Waals surface area contributed by atoms with Crippen molar-refractivity contribution in [1.82, 2.24) is 15.0 Å². The quantitative estimate of drug-likeness (QED) is 0.555. The predicted octanol–water partition coefficient (Wildman–Crippen LogP) is 4.58. The lowest BCUT2D eigenvalue weighted by molar-refractivity contribution is 0.356. The lowest BCUT2D eigenvalue weighted by atomic mass is 10.2. The number of hydrogen-bond donors (Lipinski definition) is 1. The van der Waals surface area contributed by atoms with E-state index in [0.717, 1.165) is 31.7 Å². The Hall–Kier alpha value is -2.71. The minimum absolute atomic E-state index is 0.668. The molecule has 0 aliphatic rings. The highest BCUT2D eigenvalue weighted by Gasteiger charge is 2.12. The summed E-state index contributed by atoms with van der Waals surface area (Å²) < 4.78 is 11.7. The maximum Gasteiger partial charge on any atom is 0.190 e. The molecule has 3 heterocycles. The molecule has 4 aromatic rings. The molecule has 8 heteroatoms. The summed E-state index contributed by atoms with van der Waals surface area (Å²) in [6.45, 7) is 0. The van der Waals surface area contributed by atoms with Gasteiger partial charge in [-0.15, -0.1) is 11.3 Å². The number of fused-ring (bicyclic) bond motifs is 1. The van der Waals surface area contributed by atoms with Crippen LogP contribution in [0.15, 0.2) is 42.0 Å². The molecule has 126 valence electrons. The molecule has 0 fully saturated rings. The SMILES string of the molecule is COc1cc2nc(Nc3nc(-c4ccncc4)cs3)sc2cc1OC. The van der Waals surface area contributed by atoms with Crippen LogP contribution >= 0.6 is 22.7 Å². The van der Waals surface area contributed by atoms with Crippen LogP contribution in [0.2, 0.25) is 0 Å². The zero-order chi connectivity index (χ0) is 17.2. The highest BCUT2D eigenvalue weighted by atomic mass is 32.1. The smallest absolute Gasteiger partial charge is 0.190 e. The second-order valence-electron chi connectivity index (χ2n) is 5.09. The molecule has 0 radical (unpaired) electrons. The number of hydrogen-bond acceptors (Lipinski definition) is 8. The van der Waals surface area contributed by atoms with Gasteiger partial charge in [-0.05, 0) is 12.1 Å². The summed E-state index contributed by atoms with van der Waals surface area (Å²) in [6, 6.07) is 7.69. The molecular weight excluding hydrogens is 356 g/mol. The topological polar surface area (TPSA) is 69.2 Å². The lowest BCUT2D eigenvalue weighted by Gasteiger charge is -2.05. The molecule has 0 bridgehead atoms. The number of benzene rings is 1. The number of nitrogens with zero attached hydrogens (tertiary/aromatic N) is 3. The summed E-state index contributed by atoms with van der Waals surface area (Å²) in [5, 5.41) is 6.86. The molecule has 25 heavy (non-hydrogen) atoms. The van der Waals surface area contributed by atoms with Crippen molar-refractivity contribution < 1.29 is 9.47 Å². The molecule has 0 aliphatic carbocycles. The number of aromatic nitrogens is 3. The Labute approximate surface area is 152 Å². The van der Waals surface area contributed by atoms with Crippen molar-refractivity contribution >= 4 is 43.2 Å². The average molecular weight is 370 g/mol. The average Bonchev–Trinajstić information content (AvgIpc) is 3.27. The standard InChI is InChI=1S/C17H14N4O2S2/c1-22-13-7-11-15(8-14(13)23-2)25-17(19-11)21-16-20-12(9-24-16)10-3-5-18-6-4-10/h3-9H,1-2H3,(H,19,20,21). The molecule has 0 atom stereocenters. The second-order valence-corrected chi connectivity index (χ2v) is 6.98. The fourth-order valence-electron chi connectivity index (χ4n) is 2.39. The number of rotatable bonds is 5. The van der Waals surface area contributed by atoms with Crippen molar-refractivity contribution in [3.8, 4) is 22.8 Å². The van der Waals surface area contributed by atoms with Crippen LogP contribution in [0.25, 0.3) is 21.5 Å². The van der Waals surface area contributed by atoms with Gasteiger partial charge in [0.2, 0.25) is 0 Å². The van der Waals surface area contributed by atoms with E-state index in [-0.39, 0.29) is 0 Å². The van der Waals surface area contributed by atoms with Gasteiger partial charge in [0.1, 0.15) is 0 Å². The largest absolute Gasteiger partial charge is 0.493 e. The van der Waals surface area contributed by atoms with Crippen molar-refractivity contribution in [2.24, 2.45) is 0 Å². The van der Waals surface area contributed by atoms with Crippen LogP contribution in [0, 0.1) is 0 Å². The zero-order valence-electron chi connectivity index (χ0n) is 13.5. The normalized spacial score (nSPS) is 10.8. The Bertz CT molecular complexity index is 973. The number of pyridine rings is 1. The van der Waals surface area contributed by atoms with Gasteiger partial charge in [-0.3, -0.25) is 4.98 Å². The van der Waals surface area contributed by atoms with Gasteiger partial charge in [0.05, 0.1) is 30.1 Å². The summed E-state index contributed by atoms with van der Waals surface area (Å²) in [5.74, 6) is 1.36. The molecule has 1 N–H and O–H groups in total. The van der Waals surface area contributed by atoms with Crippen LogP contribution in [0.3, 0.4) is 0 Å². The lowest BCUT2D eigenvalue weighted by Crippen LogP contribution is -1.90. The van der Waals surface area contributed by atoms with Crippen LogP contribution in [-0.2, 0) is 0 Å². The third-order valence-corrected chi connectivity index (χ3v) is 5.28. The Morgan fingerprint density at radius 1 is 0.960 bits per heavy atom. The van der Waals surface area contributed by atoms with Gasteiger partial charge < -0.3 is 14.8 Å². The molecule has 4 rings (SSSR count). The van der Waals surface area contributed by atoms with Crippen molar-refractivity contribution in [3.63, 3.8) is 0 Å². The first kappa shape index (κ1) is 15.8. The van der Waals surface area contributed by atoms with Gasteiger partial charge in [-0.1, -0.05) is 11.3 Å². The van der Waals surface area contributed by atoms with Crippen LogP contribution in [0.4, 0.5) is 10.3 Å². The maximum atomic E-state index is 5.34. The minimum Gasteiger partial charge on any atom is -0.493 e. The first-order valence-corrected chi connectivity index (χ1v) is 9.12. The number of thiazole rings is 2. The molecule has 0 saturated carbocycles. The summed E-state index contributed by atoms with van der Waals surface area (Å²) in [7, 11) is 3.24. The molecule has 0 amide bonds. The third-order valence-electron chi connectivity index (χ3n) is 3.59. The van der Waals surface area contributed by atoms with Gasteiger partial charge in [0, 0.05) is 35.5 Å². The molecule has 3 aromatic heterocycles. The van der Waals surface area contributed by atoms with E-state index in [0.29, 0.717) is 11.5 Å². The summed E-state index contributed by atoms with van der Waals surface area (Å²) in [6.07, 6.45) is 3.52. The molecular formula is C17H14N4O2S2. The minimum atomic E-state index is 0.668. The Morgan fingerprint density at radius 2 is 1.72 bits per heavy atom. The number of ether oxygens (including phenoxy) is 2. The summed E-state index contributed by atoms with van der Waals surface area (Å²) in [4.78, 5) is 13.2. The first-order valence-electron chi connectivity index (χ1n) is 7.42. The molecule has 0 saturated heterocycles. The van der Waals surface area contributed by atoms with E-state index in [9.17, 15) is 0 Å². The highest BCUT2D eigenvalue weighted by Crippen LogP contribution is 2.37. The molecule has 0 aliphatic heterocycles. The highest BCUT2D eigenvalue weighted by molar-refractivity contribution is 7.22. The number of anilines is 2. The van der Waals surface area contributed by atoms with Crippen LogP contribution in [0.5, 0.6) is 11.5 Å². The Morgan fingerprint density at radius 3 is 2.48 bits per heavy atom. The Kier molecular flexibility index (Phi) is 4.21. The monoisotopic (exact) mass is 370 g/mol. The number of nitrogens with one attached hydrogen (secondary N) is 1. The van der Waals surface area contributed by atoms with E-state index in [1.807, 2.05) is 29.6 Å². The van der Waals surface area contributed by atoms with E-state index >= 15 is 0 Å². The molecule has 0 unspecified atom stereocenters. The van der Waals surface area contributed by atoms with E-state index in [1.54, 1.807) is 38.0 Å². The van der Waals surface area contributed by atoms with Crippen LogP contribution < -0.4 is 14.8 Å². The van der Waals surface area contributed by atoms with Gasteiger partial charge in [-0.2, -0.15) is 0 Å². The van der Waals surface area contributed by atoms with Gasteiger partial charge in [0.15, 0.2) is 21.8 Å². The van der Waals surface area contributed by atoms with E-state index in [1.165, 1.54) is 11.3 Å². The first-order chi connectivity index (χ1) is 12.3. The Balaban J connectivity index is 1.62. The van der Waals surface area contributed by atoms with Crippen molar-refractivity contribution in [2.45, 2.75) is 0 Å². The number of methoxy groups -OCH3 is 2. The van der Waals surface area contributed by atoms with Crippen molar-refractivity contribution in [3.05, 3.63) is 42.0 Å². The van der Waals surface area contributed by atoms with Crippen LogP contribution in [-0.4, -0.2) is 29.2 Å². The predicted molar refractivity (Wildman–Crippen MR) is 101 cm³/mol. The van der Waals surface area contributed by atoms with Gasteiger partial charge >= 0.3 is 0 Å². The van der Waals surface area contributed by atoms with E-state index in [4.69, 9.17) is 9.47 Å². The van der Waals surface area contributed by atoms with E-state index in [2.05, 4.69) is 20.3 Å². The van der Waals surface area contributed by atoms with Gasteiger partial charge in [-0.25, -0.2) is 9.97 Å². The molecule has 1 aromatic carbocycles. The fourth-order valence-corrected chi connectivity index (χ4v) is 4.04. The van der Waals surface area contributed by atoms with Crippen molar-refractivity contribution in [1.29, 1.82) is 0 Å².